The molecule has 1 atom stereocenters. The van der Waals surface area contributed by atoms with Crippen molar-refractivity contribution in [3.63, 3.8) is 0 Å². The molecular formula is C28H30N6O3. The van der Waals surface area contributed by atoms with Gasteiger partial charge in [-0.3, -0.25) is 9.97 Å². The third kappa shape index (κ3) is 6.43. The van der Waals surface area contributed by atoms with Crippen molar-refractivity contribution in [2.45, 2.75) is 25.8 Å². The fraction of sp³-hybridized carbons (Fsp3) is 0.321. The summed E-state index contributed by atoms with van der Waals surface area (Å²) in [5, 5.41) is 26.4. The lowest BCUT2D eigenvalue weighted by Crippen LogP contribution is -2.27. The highest BCUT2D eigenvalue weighted by molar-refractivity contribution is 5.67. The zero-order valence-electron chi connectivity index (χ0n) is 21.2. The molecule has 0 aliphatic rings. The molecule has 9 nitrogen and oxygen atoms in total. The van der Waals surface area contributed by atoms with E-state index in [1.54, 1.807) is 25.7 Å². The summed E-state index contributed by atoms with van der Waals surface area (Å²) in [6.45, 7) is 5.63. The van der Waals surface area contributed by atoms with Gasteiger partial charge in [-0.2, -0.15) is 5.26 Å². The number of aliphatic hydroxyl groups excluding tert-OH is 1. The van der Waals surface area contributed by atoms with E-state index in [4.69, 9.17) is 14.2 Å². The van der Waals surface area contributed by atoms with E-state index in [2.05, 4.69) is 26.5 Å². The molecule has 0 radical (unpaired) electrons. The zero-order valence-corrected chi connectivity index (χ0v) is 21.2. The molecule has 0 bridgehead atoms. The van der Waals surface area contributed by atoms with Gasteiger partial charge in [-0.15, -0.1) is 0 Å². The Morgan fingerprint density at radius 1 is 1.08 bits per heavy atom. The number of benzene rings is 1. The highest BCUT2D eigenvalue weighted by Gasteiger charge is 2.22. The van der Waals surface area contributed by atoms with E-state index in [1.165, 1.54) is 0 Å². The maximum Gasteiger partial charge on any atom is 0.187 e. The minimum atomic E-state index is -0.710. The zero-order chi connectivity index (χ0) is 26.3. The summed E-state index contributed by atoms with van der Waals surface area (Å²) in [5.74, 6) is 0.583. The average molecular weight is 499 g/mol. The van der Waals surface area contributed by atoms with E-state index >= 15 is 0 Å². The first-order valence-corrected chi connectivity index (χ1v) is 12.0. The van der Waals surface area contributed by atoms with Gasteiger partial charge in [0.2, 0.25) is 0 Å². The molecule has 0 aliphatic carbocycles. The van der Waals surface area contributed by atoms with Crippen molar-refractivity contribution in [3.05, 3.63) is 72.3 Å². The van der Waals surface area contributed by atoms with Crippen molar-refractivity contribution in [1.29, 1.82) is 5.26 Å². The Bertz CT molecular complexity index is 1360. The lowest BCUT2D eigenvalue weighted by Gasteiger charge is -2.15. The second-order valence-corrected chi connectivity index (χ2v) is 9.36. The Morgan fingerprint density at radius 3 is 2.59 bits per heavy atom. The first-order valence-electron chi connectivity index (χ1n) is 12.0. The number of rotatable bonds is 11. The van der Waals surface area contributed by atoms with Crippen LogP contribution in [0.4, 0.5) is 0 Å². The molecule has 1 aromatic carbocycles. The number of methoxy groups -OCH3 is 1. The van der Waals surface area contributed by atoms with Gasteiger partial charge in [0.1, 0.15) is 11.4 Å². The molecule has 0 aliphatic heterocycles. The van der Waals surface area contributed by atoms with E-state index < -0.39 is 5.41 Å². The number of pyridine rings is 1. The van der Waals surface area contributed by atoms with Crippen LogP contribution in [0, 0.1) is 17.2 Å². The van der Waals surface area contributed by atoms with Gasteiger partial charge in [-0.1, -0.05) is 29.4 Å². The summed E-state index contributed by atoms with van der Waals surface area (Å²) in [7, 11) is 1.63. The number of hydrogen-bond acceptors (Lipinski definition) is 9. The van der Waals surface area contributed by atoms with Crippen LogP contribution in [0.25, 0.3) is 34.0 Å². The van der Waals surface area contributed by atoms with Crippen molar-refractivity contribution < 1.29 is 14.4 Å². The molecule has 1 unspecified atom stereocenters. The standard InChI is InChI=1S/C28H30N6O3/c1-28(2,18-29)27-10-22(8-9-32-27)24-14-31-15-25(33-24)26-11-23(34-37-26)21-6-4-19(5-7-21)12-30-13-20(16-35)17-36-3/h4-11,14-15,20,30,35H,12-13,16-17H2,1-3H3. The van der Waals surface area contributed by atoms with E-state index in [0.717, 1.165) is 16.7 Å². The van der Waals surface area contributed by atoms with Crippen LogP contribution in [0.5, 0.6) is 0 Å². The number of ether oxygens (including phenoxy) is 1. The molecule has 4 aromatic rings. The Morgan fingerprint density at radius 2 is 1.86 bits per heavy atom. The monoisotopic (exact) mass is 498 g/mol. The second-order valence-electron chi connectivity index (χ2n) is 9.36. The summed E-state index contributed by atoms with van der Waals surface area (Å²) in [6, 6.07) is 15.9. The first-order chi connectivity index (χ1) is 17.9. The Kier molecular flexibility index (Phi) is 8.36. The molecule has 0 spiro atoms. The molecule has 3 aromatic heterocycles. The summed E-state index contributed by atoms with van der Waals surface area (Å²) in [6.07, 6.45) is 4.98. The molecule has 0 fully saturated rings. The lowest BCUT2D eigenvalue weighted by atomic mass is 9.90. The number of aromatic nitrogens is 4. The Labute approximate surface area is 216 Å². The minimum Gasteiger partial charge on any atom is -0.396 e. The molecule has 4 rings (SSSR count). The van der Waals surface area contributed by atoms with Gasteiger partial charge in [0.05, 0.1) is 41.9 Å². The molecule has 3 heterocycles. The number of nitrogens with zero attached hydrogens (tertiary/aromatic N) is 5. The van der Waals surface area contributed by atoms with Gasteiger partial charge in [0, 0.05) is 56.1 Å². The van der Waals surface area contributed by atoms with Crippen molar-refractivity contribution in [2.24, 2.45) is 5.92 Å². The third-order valence-electron chi connectivity index (χ3n) is 6.05. The second kappa shape index (κ2) is 11.8. The Hall–Kier alpha value is -3.97. The Balaban J connectivity index is 1.46. The normalized spacial score (nSPS) is 12.3. The van der Waals surface area contributed by atoms with Crippen LogP contribution >= 0.6 is 0 Å². The lowest BCUT2D eigenvalue weighted by molar-refractivity contribution is 0.109. The SMILES string of the molecule is COCC(CO)CNCc1ccc(-c2cc(-c3cncc(-c4ccnc(C(C)(C)C#N)c4)n3)on2)cc1. The molecule has 0 saturated heterocycles. The topological polar surface area (TPSA) is 130 Å². The van der Waals surface area contributed by atoms with Gasteiger partial charge >= 0.3 is 0 Å². The molecular weight excluding hydrogens is 468 g/mol. The predicted molar refractivity (Wildman–Crippen MR) is 139 cm³/mol. The molecule has 2 N–H and O–H groups in total. The number of nitrogens with one attached hydrogen (secondary N) is 1. The van der Waals surface area contributed by atoms with Gasteiger partial charge < -0.3 is 19.7 Å². The number of nitriles is 1. The quantitative estimate of drug-likeness (QED) is 0.315. The van der Waals surface area contributed by atoms with Gasteiger partial charge in [0.25, 0.3) is 0 Å². The van der Waals surface area contributed by atoms with Crippen LogP contribution in [-0.2, 0) is 16.7 Å². The van der Waals surface area contributed by atoms with Gasteiger partial charge in [0.15, 0.2) is 5.76 Å². The molecule has 0 amide bonds. The highest BCUT2D eigenvalue weighted by atomic mass is 16.5. The van der Waals surface area contributed by atoms with Crippen LogP contribution in [0.2, 0.25) is 0 Å². The van der Waals surface area contributed by atoms with Crippen LogP contribution in [0.3, 0.4) is 0 Å². The van der Waals surface area contributed by atoms with Crippen molar-refractivity contribution >= 4 is 0 Å². The molecule has 190 valence electrons. The van der Waals surface area contributed by atoms with Gasteiger partial charge in [-0.05, 0) is 31.5 Å². The van der Waals surface area contributed by atoms with E-state index in [-0.39, 0.29) is 12.5 Å². The van der Waals surface area contributed by atoms with Gasteiger partial charge in [-0.25, -0.2) is 4.98 Å². The summed E-state index contributed by atoms with van der Waals surface area (Å²) >= 11 is 0. The summed E-state index contributed by atoms with van der Waals surface area (Å²) in [4.78, 5) is 13.4. The number of aliphatic hydroxyl groups is 1. The molecule has 0 saturated carbocycles. The maximum atomic E-state index is 9.45. The summed E-state index contributed by atoms with van der Waals surface area (Å²) in [5.41, 5.74) is 4.73. The fourth-order valence-electron chi connectivity index (χ4n) is 3.77. The highest BCUT2D eigenvalue weighted by Crippen LogP contribution is 2.28. The van der Waals surface area contributed by atoms with E-state index in [0.29, 0.717) is 48.2 Å². The third-order valence-corrected chi connectivity index (χ3v) is 6.05. The number of hydrogen-bond donors (Lipinski definition) is 2. The maximum absolute atomic E-state index is 9.45. The first kappa shape index (κ1) is 26.1. The summed E-state index contributed by atoms with van der Waals surface area (Å²) < 4.78 is 10.7. The largest absolute Gasteiger partial charge is 0.396 e. The smallest absolute Gasteiger partial charge is 0.187 e. The van der Waals surface area contributed by atoms with Crippen LogP contribution in [0.15, 0.2) is 65.6 Å². The van der Waals surface area contributed by atoms with Crippen molar-refractivity contribution in [1.82, 2.24) is 25.4 Å². The van der Waals surface area contributed by atoms with Crippen LogP contribution in [-0.4, -0.2) is 52.1 Å². The van der Waals surface area contributed by atoms with Crippen LogP contribution < -0.4 is 5.32 Å². The molecule has 37 heavy (non-hydrogen) atoms. The predicted octanol–water partition coefficient (Wildman–Crippen LogP) is 4.01. The minimum absolute atomic E-state index is 0.0735. The van der Waals surface area contributed by atoms with E-state index in [1.807, 2.05) is 56.3 Å². The van der Waals surface area contributed by atoms with Crippen molar-refractivity contribution in [3.8, 4) is 40.0 Å². The average Bonchev–Trinajstić information content (AvgIpc) is 3.43. The van der Waals surface area contributed by atoms with E-state index in [9.17, 15) is 10.4 Å². The molecule has 9 heteroatoms. The van der Waals surface area contributed by atoms with Crippen LogP contribution in [0.1, 0.15) is 25.1 Å². The van der Waals surface area contributed by atoms with Crippen molar-refractivity contribution in [2.75, 3.05) is 26.9 Å². The fourth-order valence-corrected chi connectivity index (χ4v) is 3.77.